The number of carbonyl (C=O) groups excluding carboxylic acids is 1. The van der Waals surface area contributed by atoms with Crippen molar-refractivity contribution in [2.45, 2.75) is 24.0 Å². The summed E-state index contributed by atoms with van der Waals surface area (Å²) in [4.78, 5) is 13.1. The normalized spacial score (nSPS) is 11.9. The van der Waals surface area contributed by atoms with E-state index in [1.165, 1.54) is 11.8 Å². The number of amides is 1. The van der Waals surface area contributed by atoms with E-state index < -0.39 is 0 Å². The Morgan fingerprint density at radius 3 is 2.65 bits per heavy atom. The number of nitrogens with one attached hydrogen (secondary N) is 1. The van der Waals surface area contributed by atoms with E-state index >= 15 is 0 Å². The van der Waals surface area contributed by atoms with Crippen LogP contribution in [-0.2, 0) is 4.79 Å². The van der Waals surface area contributed by atoms with E-state index in [-0.39, 0.29) is 11.2 Å². The third-order valence-corrected chi connectivity index (χ3v) is 4.41. The molecular weight excluding hydrogens is 290 g/mol. The Labute approximate surface area is 128 Å². The number of halogens is 1. The monoisotopic (exact) mass is 305 g/mol. The van der Waals surface area contributed by atoms with Gasteiger partial charge in [-0.25, -0.2) is 0 Å². The van der Waals surface area contributed by atoms with Crippen LogP contribution in [0.5, 0.6) is 0 Å². The maximum atomic E-state index is 12.2. The predicted octanol–water partition coefficient (Wildman–Crippen LogP) is 4.77. The van der Waals surface area contributed by atoms with Gasteiger partial charge in [-0.1, -0.05) is 35.9 Å². The Balaban J connectivity index is 2.01. The number of thioether (sulfide) groups is 1. The van der Waals surface area contributed by atoms with Gasteiger partial charge in [0.25, 0.3) is 0 Å². The number of carbonyl (C=O) groups is 1. The lowest BCUT2D eigenvalue weighted by molar-refractivity contribution is -0.115. The Hall–Kier alpha value is -1.45. The second-order valence-electron chi connectivity index (χ2n) is 4.55. The molecule has 0 aliphatic carbocycles. The number of benzene rings is 2. The Bertz CT molecular complexity index is 615. The SMILES string of the molecule is Cc1cccc(NC(=O)[C@H](C)Sc2ccccc2Cl)c1. The van der Waals surface area contributed by atoms with E-state index in [1.54, 1.807) is 0 Å². The largest absolute Gasteiger partial charge is 0.325 e. The number of rotatable bonds is 4. The van der Waals surface area contributed by atoms with Crippen molar-refractivity contribution in [3.05, 3.63) is 59.1 Å². The molecule has 0 bridgehead atoms. The van der Waals surface area contributed by atoms with Gasteiger partial charge in [0.2, 0.25) is 5.91 Å². The lowest BCUT2D eigenvalue weighted by Gasteiger charge is -2.13. The molecule has 0 unspecified atom stereocenters. The average Bonchev–Trinajstić information content (AvgIpc) is 2.41. The van der Waals surface area contributed by atoms with Gasteiger partial charge in [-0.05, 0) is 43.7 Å². The summed E-state index contributed by atoms with van der Waals surface area (Å²) in [5, 5.41) is 3.38. The fourth-order valence-corrected chi connectivity index (χ4v) is 2.90. The number of aryl methyl sites for hydroxylation is 1. The van der Waals surface area contributed by atoms with Gasteiger partial charge < -0.3 is 5.32 Å². The fraction of sp³-hybridized carbons (Fsp3) is 0.188. The molecular formula is C16H16ClNOS. The van der Waals surface area contributed by atoms with Gasteiger partial charge in [0.05, 0.1) is 10.3 Å². The minimum Gasteiger partial charge on any atom is -0.325 e. The highest BCUT2D eigenvalue weighted by Gasteiger charge is 2.15. The van der Waals surface area contributed by atoms with Gasteiger partial charge in [-0.2, -0.15) is 0 Å². The van der Waals surface area contributed by atoms with Crippen molar-refractivity contribution in [3.63, 3.8) is 0 Å². The van der Waals surface area contributed by atoms with E-state index in [0.29, 0.717) is 5.02 Å². The molecule has 1 N–H and O–H groups in total. The highest BCUT2D eigenvalue weighted by atomic mass is 35.5. The minimum atomic E-state index is -0.213. The van der Waals surface area contributed by atoms with Crippen molar-refractivity contribution in [2.24, 2.45) is 0 Å². The van der Waals surface area contributed by atoms with Gasteiger partial charge in [0, 0.05) is 10.6 Å². The zero-order chi connectivity index (χ0) is 14.5. The summed E-state index contributed by atoms with van der Waals surface area (Å²) in [6.07, 6.45) is 0. The van der Waals surface area contributed by atoms with E-state index in [4.69, 9.17) is 11.6 Å². The van der Waals surface area contributed by atoms with Crippen molar-refractivity contribution >= 4 is 35.0 Å². The Morgan fingerprint density at radius 2 is 1.95 bits per heavy atom. The maximum absolute atomic E-state index is 12.2. The summed E-state index contributed by atoms with van der Waals surface area (Å²) in [7, 11) is 0. The lowest BCUT2D eigenvalue weighted by atomic mass is 10.2. The fourth-order valence-electron chi connectivity index (χ4n) is 1.75. The first kappa shape index (κ1) is 14.9. The maximum Gasteiger partial charge on any atom is 0.237 e. The van der Waals surface area contributed by atoms with E-state index in [1.807, 2.05) is 62.4 Å². The molecule has 1 amide bonds. The van der Waals surface area contributed by atoms with E-state index in [0.717, 1.165) is 16.1 Å². The van der Waals surface area contributed by atoms with Crippen LogP contribution in [-0.4, -0.2) is 11.2 Å². The predicted molar refractivity (Wildman–Crippen MR) is 86.6 cm³/mol. The summed E-state index contributed by atoms with van der Waals surface area (Å²) < 4.78 is 0. The van der Waals surface area contributed by atoms with Crippen LogP contribution in [0.3, 0.4) is 0 Å². The molecule has 2 aromatic rings. The van der Waals surface area contributed by atoms with Crippen molar-refractivity contribution in [3.8, 4) is 0 Å². The number of hydrogen-bond donors (Lipinski definition) is 1. The molecule has 104 valence electrons. The molecule has 0 saturated carbocycles. The molecule has 0 aliphatic rings. The molecule has 0 aromatic heterocycles. The van der Waals surface area contributed by atoms with Crippen molar-refractivity contribution in [2.75, 3.05) is 5.32 Å². The molecule has 4 heteroatoms. The van der Waals surface area contributed by atoms with Gasteiger partial charge in [-0.3, -0.25) is 4.79 Å². The smallest absolute Gasteiger partial charge is 0.237 e. The van der Waals surface area contributed by atoms with Gasteiger partial charge in [0.1, 0.15) is 0 Å². The van der Waals surface area contributed by atoms with Gasteiger partial charge in [0.15, 0.2) is 0 Å². The second kappa shape index (κ2) is 6.82. The number of anilines is 1. The van der Waals surface area contributed by atoms with Crippen LogP contribution in [0.1, 0.15) is 12.5 Å². The van der Waals surface area contributed by atoms with Gasteiger partial charge >= 0.3 is 0 Å². The number of hydrogen-bond acceptors (Lipinski definition) is 2. The first-order valence-corrected chi connectivity index (χ1v) is 7.61. The van der Waals surface area contributed by atoms with Crippen molar-refractivity contribution in [1.82, 2.24) is 0 Å². The zero-order valence-electron chi connectivity index (χ0n) is 11.4. The van der Waals surface area contributed by atoms with Crippen LogP contribution in [0.2, 0.25) is 5.02 Å². The van der Waals surface area contributed by atoms with Crippen LogP contribution in [0.25, 0.3) is 0 Å². The molecule has 0 spiro atoms. The van der Waals surface area contributed by atoms with Crippen molar-refractivity contribution in [1.29, 1.82) is 0 Å². The molecule has 0 heterocycles. The first-order valence-electron chi connectivity index (χ1n) is 6.35. The summed E-state index contributed by atoms with van der Waals surface area (Å²) in [5.41, 5.74) is 1.94. The zero-order valence-corrected chi connectivity index (χ0v) is 13.0. The first-order chi connectivity index (χ1) is 9.56. The van der Waals surface area contributed by atoms with Crippen LogP contribution in [0.4, 0.5) is 5.69 Å². The minimum absolute atomic E-state index is 0.0273. The summed E-state index contributed by atoms with van der Waals surface area (Å²) in [6.45, 7) is 3.87. The second-order valence-corrected chi connectivity index (χ2v) is 6.34. The lowest BCUT2D eigenvalue weighted by Crippen LogP contribution is -2.22. The molecule has 20 heavy (non-hydrogen) atoms. The van der Waals surface area contributed by atoms with Crippen LogP contribution in [0, 0.1) is 6.92 Å². The Morgan fingerprint density at radius 1 is 1.20 bits per heavy atom. The third-order valence-electron chi connectivity index (χ3n) is 2.80. The Kier molecular flexibility index (Phi) is 5.10. The molecule has 0 fully saturated rings. The molecule has 0 radical (unpaired) electrons. The summed E-state index contributed by atoms with van der Waals surface area (Å²) in [5.74, 6) is -0.0273. The van der Waals surface area contributed by atoms with E-state index in [2.05, 4.69) is 5.32 Å². The molecule has 2 rings (SSSR count). The highest BCUT2D eigenvalue weighted by Crippen LogP contribution is 2.30. The van der Waals surface area contributed by atoms with Crippen molar-refractivity contribution < 1.29 is 4.79 Å². The third kappa shape index (κ3) is 4.02. The molecule has 1 atom stereocenters. The quantitative estimate of drug-likeness (QED) is 0.825. The highest BCUT2D eigenvalue weighted by molar-refractivity contribution is 8.00. The molecule has 2 aromatic carbocycles. The standard InChI is InChI=1S/C16H16ClNOS/c1-11-6-5-7-13(10-11)18-16(19)12(2)20-15-9-4-3-8-14(15)17/h3-10,12H,1-2H3,(H,18,19)/t12-/m0/s1. The summed E-state index contributed by atoms with van der Waals surface area (Å²) >= 11 is 7.56. The van der Waals surface area contributed by atoms with Gasteiger partial charge in [-0.15, -0.1) is 11.8 Å². The van der Waals surface area contributed by atoms with Crippen LogP contribution in [0.15, 0.2) is 53.4 Å². The topological polar surface area (TPSA) is 29.1 Å². The molecule has 0 saturated heterocycles. The average molecular weight is 306 g/mol. The summed E-state index contributed by atoms with van der Waals surface area (Å²) in [6, 6.07) is 15.3. The molecule has 0 aliphatic heterocycles. The van der Waals surface area contributed by atoms with Crippen LogP contribution >= 0.6 is 23.4 Å². The van der Waals surface area contributed by atoms with E-state index in [9.17, 15) is 4.79 Å². The molecule has 2 nitrogen and oxygen atoms in total. The van der Waals surface area contributed by atoms with Crippen LogP contribution < -0.4 is 5.32 Å².